The molecular formula is C19H32N4O2. The second-order valence-electron chi connectivity index (χ2n) is 8.11. The molecule has 1 aliphatic heterocycles. The Morgan fingerprint density at radius 1 is 1.36 bits per heavy atom. The lowest BCUT2D eigenvalue weighted by Crippen LogP contribution is -2.48. The summed E-state index contributed by atoms with van der Waals surface area (Å²) in [5.74, 6) is 2.13. The normalized spacial score (nSPS) is 18.4. The molecule has 2 rings (SSSR count). The molecule has 0 aliphatic carbocycles. The van der Waals surface area contributed by atoms with Crippen molar-refractivity contribution in [1.82, 2.24) is 15.3 Å². The van der Waals surface area contributed by atoms with Gasteiger partial charge in [-0.3, -0.25) is 0 Å². The van der Waals surface area contributed by atoms with E-state index >= 15 is 0 Å². The van der Waals surface area contributed by atoms with Crippen LogP contribution in [0.3, 0.4) is 0 Å². The van der Waals surface area contributed by atoms with Gasteiger partial charge in [0.15, 0.2) is 0 Å². The van der Waals surface area contributed by atoms with Crippen molar-refractivity contribution in [2.45, 2.75) is 78.4 Å². The molecule has 1 aromatic heterocycles. The Balaban J connectivity index is 2.09. The monoisotopic (exact) mass is 348 g/mol. The summed E-state index contributed by atoms with van der Waals surface area (Å²) in [5, 5.41) is 2.91. The Morgan fingerprint density at radius 3 is 2.72 bits per heavy atom. The number of amides is 1. The van der Waals surface area contributed by atoms with Crippen LogP contribution in [0.4, 0.5) is 10.6 Å². The van der Waals surface area contributed by atoms with Gasteiger partial charge in [-0.1, -0.05) is 13.8 Å². The van der Waals surface area contributed by atoms with E-state index in [9.17, 15) is 4.79 Å². The zero-order chi connectivity index (χ0) is 18.6. The minimum atomic E-state index is -0.480. The average Bonchev–Trinajstić information content (AvgIpc) is 2.51. The molecule has 2 heterocycles. The van der Waals surface area contributed by atoms with E-state index in [4.69, 9.17) is 9.72 Å². The molecule has 1 fully saturated rings. The van der Waals surface area contributed by atoms with Crippen molar-refractivity contribution >= 4 is 11.9 Å². The summed E-state index contributed by atoms with van der Waals surface area (Å²) in [6, 6.07) is 2.27. The van der Waals surface area contributed by atoms with E-state index in [1.165, 1.54) is 0 Å². The maximum atomic E-state index is 12.0. The Bertz CT molecular complexity index is 596. The smallest absolute Gasteiger partial charge is 0.407 e. The predicted octanol–water partition coefficient (Wildman–Crippen LogP) is 3.79. The van der Waals surface area contributed by atoms with Gasteiger partial charge in [0.05, 0.1) is 0 Å². The number of ether oxygens (including phenoxy) is 1. The van der Waals surface area contributed by atoms with Gasteiger partial charge in [-0.2, -0.15) is 0 Å². The van der Waals surface area contributed by atoms with Crippen molar-refractivity contribution in [3.63, 3.8) is 0 Å². The molecular weight excluding hydrogens is 316 g/mol. The topological polar surface area (TPSA) is 67.4 Å². The first-order valence-electron chi connectivity index (χ1n) is 9.25. The zero-order valence-corrected chi connectivity index (χ0v) is 16.4. The summed E-state index contributed by atoms with van der Waals surface area (Å²) in [5.41, 5.74) is 0.504. The molecule has 1 aromatic rings. The third-order valence-corrected chi connectivity index (χ3v) is 4.18. The van der Waals surface area contributed by atoms with Crippen LogP contribution in [0, 0.1) is 6.92 Å². The SMILES string of the molecule is Cc1cc(N2CCCCC2CNC(=O)OC(C)(C)C)nc(C(C)C)n1. The van der Waals surface area contributed by atoms with Crippen LogP contribution in [-0.2, 0) is 4.74 Å². The van der Waals surface area contributed by atoms with E-state index in [-0.39, 0.29) is 12.1 Å². The molecule has 1 N–H and O–H groups in total. The fraction of sp³-hybridized carbons (Fsp3) is 0.737. The number of aryl methyl sites for hydroxylation is 1. The quantitative estimate of drug-likeness (QED) is 0.896. The lowest BCUT2D eigenvalue weighted by molar-refractivity contribution is 0.0523. The highest BCUT2D eigenvalue weighted by Gasteiger charge is 2.26. The summed E-state index contributed by atoms with van der Waals surface area (Å²) in [4.78, 5) is 23.6. The van der Waals surface area contributed by atoms with Crippen LogP contribution in [0.1, 0.15) is 71.3 Å². The number of carbonyl (C=O) groups excluding carboxylic acids is 1. The van der Waals surface area contributed by atoms with Gasteiger partial charge < -0.3 is 15.0 Å². The van der Waals surface area contributed by atoms with E-state index in [0.29, 0.717) is 12.5 Å². The number of rotatable bonds is 4. The Kier molecular flexibility index (Phi) is 6.25. The number of hydrogen-bond acceptors (Lipinski definition) is 5. The Labute approximate surface area is 151 Å². The van der Waals surface area contributed by atoms with Crippen LogP contribution in [0.2, 0.25) is 0 Å². The molecule has 1 unspecified atom stereocenters. The van der Waals surface area contributed by atoms with Crippen molar-refractivity contribution < 1.29 is 9.53 Å². The fourth-order valence-electron chi connectivity index (χ4n) is 3.01. The third-order valence-electron chi connectivity index (χ3n) is 4.18. The average molecular weight is 348 g/mol. The molecule has 0 bridgehead atoms. The van der Waals surface area contributed by atoms with Gasteiger partial charge in [0.2, 0.25) is 0 Å². The van der Waals surface area contributed by atoms with Crippen molar-refractivity contribution in [3.8, 4) is 0 Å². The van der Waals surface area contributed by atoms with Crippen molar-refractivity contribution in [2.75, 3.05) is 18.0 Å². The first-order chi connectivity index (χ1) is 11.7. The lowest BCUT2D eigenvalue weighted by Gasteiger charge is -2.37. The Hall–Kier alpha value is -1.85. The number of hydrogen-bond donors (Lipinski definition) is 1. The summed E-state index contributed by atoms with van der Waals surface area (Å²) in [6.45, 7) is 13.4. The molecule has 1 atom stereocenters. The molecule has 1 aliphatic rings. The summed E-state index contributed by atoms with van der Waals surface area (Å²) in [6.07, 6.45) is 2.98. The zero-order valence-electron chi connectivity index (χ0n) is 16.4. The second-order valence-corrected chi connectivity index (χ2v) is 8.11. The highest BCUT2D eigenvalue weighted by Crippen LogP contribution is 2.25. The minimum absolute atomic E-state index is 0.232. The van der Waals surface area contributed by atoms with Gasteiger partial charge in [0, 0.05) is 36.8 Å². The van der Waals surface area contributed by atoms with E-state index in [1.54, 1.807) is 0 Å². The van der Waals surface area contributed by atoms with Crippen LogP contribution in [0.5, 0.6) is 0 Å². The number of nitrogens with zero attached hydrogens (tertiary/aromatic N) is 3. The van der Waals surface area contributed by atoms with Crippen molar-refractivity contribution in [1.29, 1.82) is 0 Å². The maximum Gasteiger partial charge on any atom is 0.407 e. The molecule has 140 valence electrons. The fourth-order valence-corrected chi connectivity index (χ4v) is 3.01. The lowest BCUT2D eigenvalue weighted by atomic mass is 10.0. The van der Waals surface area contributed by atoms with Crippen LogP contribution in [-0.4, -0.2) is 40.8 Å². The summed E-state index contributed by atoms with van der Waals surface area (Å²) < 4.78 is 5.35. The summed E-state index contributed by atoms with van der Waals surface area (Å²) in [7, 11) is 0. The van der Waals surface area contributed by atoms with E-state index in [1.807, 2.05) is 33.8 Å². The number of carbonyl (C=O) groups is 1. The van der Waals surface area contributed by atoms with Gasteiger partial charge in [-0.15, -0.1) is 0 Å². The molecule has 0 radical (unpaired) electrons. The molecule has 1 saturated heterocycles. The maximum absolute atomic E-state index is 12.0. The number of alkyl carbamates (subject to hydrolysis) is 1. The van der Waals surface area contributed by atoms with Gasteiger partial charge in [0.25, 0.3) is 0 Å². The van der Waals surface area contributed by atoms with Crippen LogP contribution >= 0.6 is 0 Å². The van der Waals surface area contributed by atoms with Gasteiger partial charge in [-0.25, -0.2) is 14.8 Å². The highest BCUT2D eigenvalue weighted by molar-refractivity contribution is 5.67. The van der Waals surface area contributed by atoms with Crippen LogP contribution in [0.15, 0.2) is 6.07 Å². The molecule has 1 amide bonds. The number of anilines is 1. The number of nitrogens with one attached hydrogen (secondary N) is 1. The highest BCUT2D eigenvalue weighted by atomic mass is 16.6. The van der Waals surface area contributed by atoms with Crippen LogP contribution in [0.25, 0.3) is 0 Å². The molecule has 0 aromatic carbocycles. The van der Waals surface area contributed by atoms with Gasteiger partial charge in [0.1, 0.15) is 17.2 Å². The second kappa shape index (κ2) is 8.02. The van der Waals surface area contributed by atoms with Gasteiger partial charge in [-0.05, 0) is 47.0 Å². The van der Waals surface area contributed by atoms with E-state index in [2.05, 4.69) is 29.0 Å². The summed E-state index contributed by atoms with van der Waals surface area (Å²) >= 11 is 0. The standard InChI is InChI=1S/C19H32N4O2/c1-13(2)17-21-14(3)11-16(22-17)23-10-8-7-9-15(23)12-20-18(24)25-19(4,5)6/h11,13,15H,7-10,12H2,1-6H3,(H,20,24). The first kappa shape index (κ1) is 19.5. The van der Waals surface area contributed by atoms with Crippen molar-refractivity contribution in [3.05, 3.63) is 17.6 Å². The van der Waals surface area contributed by atoms with E-state index < -0.39 is 5.60 Å². The molecule has 0 saturated carbocycles. The van der Waals surface area contributed by atoms with Crippen molar-refractivity contribution in [2.24, 2.45) is 0 Å². The van der Waals surface area contributed by atoms with Crippen LogP contribution < -0.4 is 10.2 Å². The van der Waals surface area contributed by atoms with Gasteiger partial charge >= 0.3 is 6.09 Å². The molecule has 25 heavy (non-hydrogen) atoms. The molecule has 0 spiro atoms. The number of piperidine rings is 1. The third kappa shape index (κ3) is 5.87. The molecule has 6 nitrogen and oxygen atoms in total. The van der Waals surface area contributed by atoms with E-state index in [0.717, 1.165) is 43.1 Å². The number of aromatic nitrogens is 2. The molecule has 6 heteroatoms. The Morgan fingerprint density at radius 2 is 2.08 bits per heavy atom. The largest absolute Gasteiger partial charge is 0.444 e. The predicted molar refractivity (Wildman–Crippen MR) is 100 cm³/mol. The first-order valence-corrected chi connectivity index (χ1v) is 9.25. The minimum Gasteiger partial charge on any atom is -0.444 e.